The Morgan fingerprint density at radius 3 is 3.12 bits per heavy atom. The number of ether oxygens (including phenoxy) is 3. The molecule has 0 amide bonds. The second-order valence-electron chi connectivity index (χ2n) is 3.34. The summed E-state index contributed by atoms with van der Waals surface area (Å²) in [7, 11) is 1.61. The van der Waals surface area contributed by atoms with E-state index in [0.29, 0.717) is 24.6 Å². The van der Waals surface area contributed by atoms with Crippen molar-refractivity contribution < 1.29 is 14.2 Å². The lowest BCUT2D eigenvalue weighted by Gasteiger charge is -2.08. The quantitative estimate of drug-likeness (QED) is 0.609. The molecule has 0 unspecified atom stereocenters. The molecule has 0 atom stereocenters. The minimum Gasteiger partial charge on any atom is -0.493 e. The van der Waals surface area contributed by atoms with Gasteiger partial charge in [-0.2, -0.15) is 0 Å². The van der Waals surface area contributed by atoms with Gasteiger partial charge in [0, 0.05) is 6.54 Å². The van der Waals surface area contributed by atoms with Crippen molar-refractivity contribution in [1.82, 2.24) is 5.32 Å². The SMILES string of the molecule is C#CCNCc1cc(OC)c2c(c1)OCO2. The predicted molar refractivity (Wildman–Crippen MR) is 59.7 cm³/mol. The Morgan fingerprint density at radius 2 is 2.38 bits per heavy atom. The van der Waals surface area contributed by atoms with Crippen LogP contribution in [0, 0.1) is 12.3 Å². The molecule has 1 aromatic rings. The zero-order chi connectivity index (χ0) is 11.4. The Hall–Kier alpha value is -1.86. The third kappa shape index (κ3) is 2.05. The molecule has 0 aliphatic carbocycles. The van der Waals surface area contributed by atoms with E-state index in [2.05, 4.69) is 11.2 Å². The number of benzene rings is 1. The first-order valence-corrected chi connectivity index (χ1v) is 4.96. The lowest BCUT2D eigenvalue weighted by Crippen LogP contribution is -2.12. The fraction of sp³-hybridized carbons (Fsp3) is 0.333. The maximum absolute atomic E-state index is 5.32. The van der Waals surface area contributed by atoms with E-state index in [1.165, 1.54) is 0 Å². The second-order valence-corrected chi connectivity index (χ2v) is 3.34. The van der Waals surface area contributed by atoms with Crippen LogP contribution in [-0.4, -0.2) is 20.4 Å². The summed E-state index contributed by atoms with van der Waals surface area (Å²) in [6.07, 6.45) is 5.16. The van der Waals surface area contributed by atoms with Crippen molar-refractivity contribution in [1.29, 1.82) is 0 Å². The summed E-state index contributed by atoms with van der Waals surface area (Å²) in [5.41, 5.74) is 1.05. The van der Waals surface area contributed by atoms with Gasteiger partial charge in [-0.05, 0) is 17.7 Å². The number of hydrogen-bond donors (Lipinski definition) is 1. The Kier molecular flexibility index (Phi) is 3.18. The van der Waals surface area contributed by atoms with E-state index in [0.717, 1.165) is 11.3 Å². The number of methoxy groups -OCH3 is 1. The van der Waals surface area contributed by atoms with Gasteiger partial charge in [-0.25, -0.2) is 0 Å². The molecule has 1 aromatic carbocycles. The van der Waals surface area contributed by atoms with Gasteiger partial charge in [0.15, 0.2) is 11.5 Å². The van der Waals surface area contributed by atoms with Crippen LogP contribution < -0.4 is 19.5 Å². The Morgan fingerprint density at radius 1 is 1.50 bits per heavy atom. The van der Waals surface area contributed by atoms with E-state index < -0.39 is 0 Å². The monoisotopic (exact) mass is 219 g/mol. The number of rotatable bonds is 4. The first-order valence-electron chi connectivity index (χ1n) is 4.96. The van der Waals surface area contributed by atoms with Crippen molar-refractivity contribution in [2.45, 2.75) is 6.54 Å². The Bertz CT molecular complexity index is 423. The molecule has 2 rings (SSSR count). The van der Waals surface area contributed by atoms with Crippen molar-refractivity contribution in [3.05, 3.63) is 17.7 Å². The maximum Gasteiger partial charge on any atom is 0.231 e. The molecular weight excluding hydrogens is 206 g/mol. The van der Waals surface area contributed by atoms with Crippen molar-refractivity contribution in [2.24, 2.45) is 0 Å². The van der Waals surface area contributed by atoms with E-state index in [1.807, 2.05) is 12.1 Å². The first-order chi connectivity index (χ1) is 7.85. The van der Waals surface area contributed by atoms with Gasteiger partial charge in [0.2, 0.25) is 12.5 Å². The number of hydrogen-bond acceptors (Lipinski definition) is 4. The highest BCUT2D eigenvalue weighted by Gasteiger charge is 2.19. The summed E-state index contributed by atoms with van der Waals surface area (Å²) in [4.78, 5) is 0. The zero-order valence-electron chi connectivity index (χ0n) is 9.08. The molecule has 0 spiro atoms. The lowest BCUT2D eigenvalue weighted by molar-refractivity contribution is 0.171. The summed E-state index contributed by atoms with van der Waals surface area (Å²) < 4.78 is 15.8. The van der Waals surface area contributed by atoms with E-state index in [9.17, 15) is 0 Å². The van der Waals surface area contributed by atoms with Crippen LogP contribution in [0.2, 0.25) is 0 Å². The average Bonchev–Trinajstić information content (AvgIpc) is 2.76. The molecule has 0 saturated carbocycles. The second kappa shape index (κ2) is 4.77. The predicted octanol–water partition coefficient (Wildman–Crippen LogP) is 1.15. The Balaban J connectivity index is 2.18. The van der Waals surface area contributed by atoms with E-state index in [4.69, 9.17) is 20.6 Å². The molecule has 0 saturated heterocycles. The highest BCUT2D eigenvalue weighted by atomic mass is 16.7. The maximum atomic E-state index is 5.32. The summed E-state index contributed by atoms with van der Waals surface area (Å²) in [6.45, 7) is 1.46. The molecule has 4 heteroatoms. The van der Waals surface area contributed by atoms with Crippen molar-refractivity contribution in [3.8, 4) is 29.6 Å². The third-order valence-electron chi connectivity index (χ3n) is 2.27. The first kappa shape index (κ1) is 10.7. The van der Waals surface area contributed by atoms with Gasteiger partial charge in [-0.15, -0.1) is 6.42 Å². The van der Waals surface area contributed by atoms with Crippen LogP contribution in [0.1, 0.15) is 5.56 Å². The number of terminal acetylenes is 1. The smallest absolute Gasteiger partial charge is 0.231 e. The van der Waals surface area contributed by atoms with E-state index in [-0.39, 0.29) is 6.79 Å². The number of nitrogens with one attached hydrogen (secondary N) is 1. The molecule has 0 bridgehead atoms. The van der Waals surface area contributed by atoms with Crippen LogP contribution in [0.15, 0.2) is 12.1 Å². The summed E-state index contributed by atoms with van der Waals surface area (Å²) in [5.74, 6) is 4.60. The highest BCUT2D eigenvalue weighted by molar-refractivity contribution is 5.55. The molecule has 4 nitrogen and oxygen atoms in total. The molecule has 16 heavy (non-hydrogen) atoms. The van der Waals surface area contributed by atoms with Gasteiger partial charge in [-0.3, -0.25) is 0 Å². The molecule has 1 aliphatic rings. The third-order valence-corrected chi connectivity index (χ3v) is 2.27. The molecule has 0 fully saturated rings. The topological polar surface area (TPSA) is 39.7 Å². The van der Waals surface area contributed by atoms with Gasteiger partial charge < -0.3 is 19.5 Å². The van der Waals surface area contributed by atoms with Crippen LogP contribution in [0.25, 0.3) is 0 Å². The van der Waals surface area contributed by atoms with Gasteiger partial charge in [0.05, 0.1) is 13.7 Å². The highest BCUT2D eigenvalue weighted by Crippen LogP contribution is 2.41. The molecule has 1 aliphatic heterocycles. The van der Waals surface area contributed by atoms with Crippen LogP contribution in [-0.2, 0) is 6.54 Å². The molecule has 84 valence electrons. The molecule has 0 radical (unpaired) electrons. The Labute approximate surface area is 94.5 Å². The largest absolute Gasteiger partial charge is 0.493 e. The lowest BCUT2D eigenvalue weighted by atomic mass is 10.2. The summed E-state index contributed by atoms with van der Waals surface area (Å²) in [5, 5.41) is 3.11. The van der Waals surface area contributed by atoms with Gasteiger partial charge in [-0.1, -0.05) is 5.92 Å². The minimum absolute atomic E-state index is 0.243. The molecule has 1 heterocycles. The summed E-state index contributed by atoms with van der Waals surface area (Å²) in [6, 6.07) is 3.84. The van der Waals surface area contributed by atoms with E-state index in [1.54, 1.807) is 7.11 Å². The standard InChI is InChI=1S/C12H13NO3/c1-3-4-13-7-9-5-10(14-2)12-11(6-9)15-8-16-12/h1,5-6,13H,4,7-8H2,2H3. The van der Waals surface area contributed by atoms with Crippen molar-refractivity contribution in [3.63, 3.8) is 0 Å². The van der Waals surface area contributed by atoms with Crippen LogP contribution in [0.3, 0.4) is 0 Å². The van der Waals surface area contributed by atoms with Gasteiger partial charge in [0.25, 0.3) is 0 Å². The fourth-order valence-electron chi connectivity index (χ4n) is 1.56. The molecular formula is C12H13NO3. The minimum atomic E-state index is 0.243. The zero-order valence-corrected chi connectivity index (χ0v) is 9.08. The normalized spacial score (nSPS) is 12.2. The molecule has 1 N–H and O–H groups in total. The summed E-state index contributed by atoms with van der Waals surface area (Å²) >= 11 is 0. The van der Waals surface area contributed by atoms with E-state index >= 15 is 0 Å². The van der Waals surface area contributed by atoms with Crippen molar-refractivity contribution >= 4 is 0 Å². The van der Waals surface area contributed by atoms with Crippen LogP contribution in [0.5, 0.6) is 17.2 Å². The average molecular weight is 219 g/mol. The van der Waals surface area contributed by atoms with Crippen LogP contribution >= 0.6 is 0 Å². The van der Waals surface area contributed by atoms with Crippen molar-refractivity contribution in [2.75, 3.05) is 20.4 Å². The van der Waals surface area contributed by atoms with Crippen LogP contribution in [0.4, 0.5) is 0 Å². The fourth-order valence-corrected chi connectivity index (χ4v) is 1.56. The molecule has 0 aromatic heterocycles. The van der Waals surface area contributed by atoms with Gasteiger partial charge >= 0.3 is 0 Å². The van der Waals surface area contributed by atoms with Gasteiger partial charge in [0.1, 0.15) is 0 Å². The number of fused-ring (bicyclic) bond motifs is 1.